The average Bonchev–Trinajstić information content (AvgIpc) is 2.94. The maximum Gasteiger partial charge on any atom is 0.243 e. The molecule has 6 nitrogen and oxygen atoms in total. The first kappa shape index (κ1) is 25.4. The van der Waals surface area contributed by atoms with Gasteiger partial charge in [0, 0.05) is 42.8 Å². The summed E-state index contributed by atoms with van der Waals surface area (Å²) in [6, 6.07) is 25.0. The molecular formula is C30H33N3O3S. The summed E-state index contributed by atoms with van der Waals surface area (Å²) < 4.78 is 29.0. The average molecular weight is 516 g/mol. The molecule has 1 aromatic heterocycles. The molecule has 3 aromatic carbocycles. The maximum atomic E-state index is 13.8. The maximum absolute atomic E-state index is 13.8. The highest BCUT2D eigenvalue weighted by Gasteiger charge is 2.31. The molecule has 0 bridgehead atoms. The van der Waals surface area contributed by atoms with E-state index in [-0.39, 0.29) is 11.8 Å². The molecule has 7 heteroatoms. The van der Waals surface area contributed by atoms with Crippen LogP contribution in [0.25, 0.3) is 10.8 Å². The first-order chi connectivity index (χ1) is 17.9. The fourth-order valence-electron chi connectivity index (χ4n) is 5.42. The van der Waals surface area contributed by atoms with Crippen LogP contribution in [0, 0.1) is 0 Å². The Balaban J connectivity index is 1.38. The summed E-state index contributed by atoms with van der Waals surface area (Å²) in [5.41, 5.74) is 2.46. The number of aromatic nitrogens is 1. The van der Waals surface area contributed by atoms with Crippen molar-refractivity contribution in [3.8, 4) is 5.75 Å². The highest BCUT2D eigenvalue weighted by atomic mass is 32.2. The van der Waals surface area contributed by atoms with Gasteiger partial charge >= 0.3 is 0 Å². The number of nitrogens with zero attached hydrogens (tertiary/aromatic N) is 3. The van der Waals surface area contributed by atoms with Crippen LogP contribution in [0.3, 0.4) is 0 Å². The zero-order valence-corrected chi connectivity index (χ0v) is 21.9. The first-order valence-corrected chi connectivity index (χ1v) is 14.2. The summed E-state index contributed by atoms with van der Waals surface area (Å²) in [5, 5.41) is 11.2. The van der Waals surface area contributed by atoms with Crippen LogP contribution in [0.1, 0.15) is 29.9 Å². The number of rotatable bonds is 8. The van der Waals surface area contributed by atoms with E-state index in [1.54, 1.807) is 49.8 Å². The Kier molecular flexibility index (Phi) is 7.55. The van der Waals surface area contributed by atoms with Crippen LogP contribution in [0.4, 0.5) is 0 Å². The number of sulfonamides is 1. The van der Waals surface area contributed by atoms with Gasteiger partial charge in [0.15, 0.2) is 0 Å². The number of aromatic hydroxyl groups is 1. The van der Waals surface area contributed by atoms with Gasteiger partial charge in [0.2, 0.25) is 10.0 Å². The molecular weight excluding hydrogens is 482 g/mol. The van der Waals surface area contributed by atoms with Crippen molar-refractivity contribution in [3.05, 3.63) is 102 Å². The minimum absolute atomic E-state index is 0.0117. The minimum Gasteiger partial charge on any atom is -0.508 e. The summed E-state index contributed by atoms with van der Waals surface area (Å²) in [6.07, 6.45) is 6.12. The smallest absolute Gasteiger partial charge is 0.243 e. The molecule has 0 amide bonds. The summed E-state index contributed by atoms with van der Waals surface area (Å²) in [5.74, 6) is 0.756. The normalized spacial score (nSPS) is 16.3. The zero-order chi connectivity index (χ0) is 25.8. The van der Waals surface area contributed by atoms with Crippen molar-refractivity contribution >= 4 is 20.8 Å². The van der Waals surface area contributed by atoms with E-state index < -0.39 is 10.0 Å². The predicted molar refractivity (Wildman–Crippen MR) is 147 cm³/mol. The molecule has 0 saturated carbocycles. The monoisotopic (exact) mass is 515 g/mol. The topological polar surface area (TPSA) is 73.7 Å². The summed E-state index contributed by atoms with van der Waals surface area (Å²) in [4.78, 5) is 6.88. The van der Waals surface area contributed by atoms with Gasteiger partial charge in [-0.3, -0.25) is 9.88 Å². The number of phenolic OH excluding ortho intramolecular Hbond substituents is 1. The van der Waals surface area contributed by atoms with Crippen molar-refractivity contribution in [1.29, 1.82) is 0 Å². The fourth-order valence-corrected chi connectivity index (χ4v) is 6.84. The number of phenols is 1. The molecule has 1 aliphatic rings. The molecule has 192 valence electrons. The number of hydrogen-bond acceptors (Lipinski definition) is 5. The Morgan fingerprint density at radius 3 is 2.43 bits per heavy atom. The van der Waals surface area contributed by atoms with Crippen LogP contribution >= 0.6 is 0 Å². The second kappa shape index (κ2) is 11.0. The second-order valence-corrected chi connectivity index (χ2v) is 11.9. The minimum atomic E-state index is -3.71. The Bertz CT molecular complexity index is 1430. The van der Waals surface area contributed by atoms with E-state index in [4.69, 9.17) is 0 Å². The van der Waals surface area contributed by atoms with Gasteiger partial charge in [-0.1, -0.05) is 54.6 Å². The highest BCUT2D eigenvalue weighted by molar-refractivity contribution is 7.89. The van der Waals surface area contributed by atoms with Gasteiger partial charge in [-0.05, 0) is 73.7 Å². The Morgan fingerprint density at radius 1 is 0.973 bits per heavy atom. The summed E-state index contributed by atoms with van der Waals surface area (Å²) in [6.45, 7) is 2.20. The van der Waals surface area contributed by atoms with E-state index in [1.165, 1.54) is 9.87 Å². The van der Waals surface area contributed by atoms with Crippen molar-refractivity contribution in [2.75, 3.05) is 26.7 Å². The highest BCUT2D eigenvalue weighted by Crippen LogP contribution is 2.30. The number of hydrogen-bond donors (Lipinski definition) is 1. The Labute approximate surface area is 219 Å². The van der Waals surface area contributed by atoms with Crippen LogP contribution in [-0.2, 0) is 16.4 Å². The summed E-state index contributed by atoms with van der Waals surface area (Å²) in [7, 11) is -2.04. The second-order valence-electron chi connectivity index (χ2n) is 9.88. The van der Waals surface area contributed by atoms with Gasteiger partial charge in [-0.25, -0.2) is 8.42 Å². The van der Waals surface area contributed by atoms with Crippen LogP contribution in [0.2, 0.25) is 0 Å². The third kappa shape index (κ3) is 5.69. The molecule has 37 heavy (non-hydrogen) atoms. The molecule has 0 aliphatic carbocycles. The molecule has 1 saturated heterocycles. The lowest BCUT2D eigenvalue weighted by atomic mass is 9.88. The quantitative estimate of drug-likeness (QED) is 0.355. The lowest BCUT2D eigenvalue weighted by Crippen LogP contribution is -2.48. The lowest BCUT2D eigenvalue weighted by Gasteiger charge is -2.39. The predicted octanol–water partition coefficient (Wildman–Crippen LogP) is 5.05. The third-order valence-corrected chi connectivity index (χ3v) is 9.40. The van der Waals surface area contributed by atoms with Crippen LogP contribution in [-0.4, -0.2) is 60.4 Å². The van der Waals surface area contributed by atoms with Crippen LogP contribution < -0.4 is 0 Å². The zero-order valence-electron chi connectivity index (χ0n) is 21.1. The van der Waals surface area contributed by atoms with Crippen molar-refractivity contribution in [2.24, 2.45) is 0 Å². The number of likely N-dealkylation sites (tertiary alicyclic amines) is 1. The van der Waals surface area contributed by atoms with Crippen molar-refractivity contribution < 1.29 is 13.5 Å². The number of piperidine rings is 1. The van der Waals surface area contributed by atoms with E-state index in [1.807, 2.05) is 18.2 Å². The SMILES string of the molecule is CN(CC(Cc1ccc(O)cc1)N1CCC(c2ccccc2)CC1)S(=O)(=O)c1cccc2cnccc12. The fraction of sp³-hybridized carbons (Fsp3) is 0.300. The van der Waals surface area contributed by atoms with Gasteiger partial charge in [0.1, 0.15) is 5.75 Å². The molecule has 1 atom stereocenters. The van der Waals surface area contributed by atoms with Gasteiger partial charge in [0.05, 0.1) is 4.90 Å². The third-order valence-electron chi connectivity index (χ3n) is 7.52. The molecule has 1 unspecified atom stereocenters. The molecule has 4 aromatic rings. The van der Waals surface area contributed by atoms with Gasteiger partial charge < -0.3 is 5.11 Å². The van der Waals surface area contributed by atoms with Crippen LogP contribution in [0.15, 0.2) is 96.2 Å². The van der Waals surface area contributed by atoms with E-state index in [9.17, 15) is 13.5 Å². The van der Waals surface area contributed by atoms with E-state index in [0.717, 1.165) is 36.9 Å². The standard InChI is InChI=1S/C30H33N3O3S/c1-32(37(35,36)30-9-5-8-26-21-31-17-14-29(26)30)22-27(20-23-10-12-28(34)13-11-23)33-18-15-25(16-19-33)24-6-3-2-4-7-24/h2-14,17,21,25,27,34H,15-16,18-20,22H2,1H3. The van der Waals surface area contributed by atoms with E-state index in [0.29, 0.717) is 29.2 Å². The van der Waals surface area contributed by atoms with Gasteiger partial charge in [-0.15, -0.1) is 0 Å². The first-order valence-electron chi connectivity index (χ1n) is 12.8. The van der Waals surface area contributed by atoms with Crippen molar-refractivity contribution in [1.82, 2.24) is 14.2 Å². The lowest BCUT2D eigenvalue weighted by molar-refractivity contribution is 0.137. The molecule has 2 heterocycles. The Hall–Kier alpha value is -3.26. The van der Waals surface area contributed by atoms with E-state index >= 15 is 0 Å². The number of fused-ring (bicyclic) bond motifs is 1. The molecule has 5 rings (SSSR count). The molecule has 1 aliphatic heterocycles. The molecule has 0 radical (unpaired) electrons. The largest absolute Gasteiger partial charge is 0.508 e. The molecule has 1 fully saturated rings. The summed E-state index contributed by atoms with van der Waals surface area (Å²) >= 11 is 0. The van der Waals surface area contributed by atoms with Gasteiger partial charge in [0.25, 0.3) is 0 Å². The van der Waals surface area contributed by atoms with E-state index in [2.05, 4.69) is 40.2 Å². The van der Waals surface area contributed by atoms with Crippen molar-refractivity contribution in [3.63, 3.8) is 0 Å². The number of likely N-dealkylation sites (N-methyl/N-ethyl adjacent to an activating group) is 1. The van der Waals surface area contributed by atoms with Crippen LogP contribution in [0.5, 0.6) is 5.75 Å². The van der Waals surface area contributed by atoms with Crippen molar-refractivity contribution in [2.45, 2.75) is 36.1 Å². The molecule has 1 N–H and O–H groups in total. The van der Waals surface area contributed by atoms with Gasteiger partial charge in [-0.2, -0.15) is 4.31 Å². The molecule has 0 spiro atoms. The Morgan fingerprint density at radius 2 is 1.70 bits per heavy atom. The number of pyridine rings is 1. The number of benzene rings is 3.